The molecule has 1 aromatic rings. The van der Waals surface area contributed by atoms with Crippen molar-refractivity contribution in [1.82, 2.24) is 9.80 Å². The molecule has 32 heavy (non-hydrogen) atoms. The van der Waals surface area contributed by atoms with Crippen LogP contribution in [0.5, 0.6) is 5.75 Å². The highest BCUT2D eigenvalue weighted by molar-refractivity contribution is 9.10. The third kappa shape index (κ3) is 8.96. The number of nitrogens with zero attached hydrogens (tertiary/aromatic N) is 2. The Kier molecular flexibility index (Phi) is 14.8. The van der Waals surface area contributed by atoms with E-state index in [1.165, 1.54) is 74.6 Å². The summed E-state index contributed by atoms with van der Waals surface area (Å²) in [6.45, 7) is 8.20. The number of likely N-dealkylation sites (tertiary alicyclic amines) is 1. The van der Waals surface area contributed by atoms with E-state index in [-0.39, 0.29) is 24.8 Å². The average Bonchev–Trinajstić information content (AvgIpc) is 2.79. The highest BCUT2D eigenvalue weighted by Gasteiger charge is 2.26. The lowest BCUT2D eigenvalue weighted by molar-refractivity contribution is 0.108. The molecule has 1 saturated carbocycles. The number of aliphatic hydroxyl groups is 1. The van der Waals surface area contributed by atoms with Crippen LogP contribution in [0.25, 0.3) is 0 Å². The van der Waals surface area contributed by atoms with E-state index >= 15 is 0 Å². The maximum atomic E-state index is 9.26. The SMILES string of the molecule is CCN(CCO)C1CCC(CCN2CCC(Cc3cc(OC)ccc3Br)CC2)CC1.Cl.Cl. The van der Waals surface area contributed by atoms with Crippen LogP contribution >= 0.6 is 40.7 Å². The molecule has 0 aromatic heterocycles. The normalized spacial score (nSPS) is 22.3. The Hall–Kier alpha value is -0.0400. The Morgan fingerprint density at radius 2 is 1.75 bits per heavy atom. The van der Waals surface area contributed by atoms with Crippen molar-refractivity contribution >= 4 is 40.7 Å². The molecule has 1 saturated heterocycles. The molecule has 3 rings (SSSR count). The second kappa shape index (κ2) is 15.8. The Labute approximate surface area is 216 Å². The van der Waals surface area contributed by atoms with Gasteiger partial charge in [0.15, 0.2) is 0 Å². The van der Waals surface area contributed by atoms with Gasteiger partial charge in [0.1, 0.15) is 5.75 Å². The van der Waals surface area contributed by atoms with Gasteiger partial charge in [-0.3, -0.25) is 4.90 Å². The minimum atomic E-state index is 0. The first-order valence-electron chi connectivity index (χ1n) is 12.0. The van der Waals surface area contributed by atoms with Gasteiger partial charge in [-0.05, 0) is 113 Å². The largest absolute Gasteiger partial charge is 0.497 e. The van der Waals surface area contributed by atoms with E-state index in [2.05, 4.69) is 44.8 Å². The monoisotopic (exact) mass is 552 g/mol. The molecule has 1 aromatic carbocycles. The van der Waals surface area contributed by atoms with Gasteiger partial charge in [-0.1, -0.05) is 22.9 Å². The van der Waals surface area contributed by atoms with Crippen LogP contribution in [0.4, 0.5) is 0 Å². The van der Waals surface area contributed by atoms with E-state index in [1.807, 2.05) is 6.07 Å². The van der Waals surface area contributed by atoms with E-state index in [1.54, 1.807) is 7.11 Å². The average molecular weight is 554 g/mol. The molecule has 7 heteroatoms. The molecule has 4 nitrogen and oxygen atoms in total. The van der Waals surface area contributed by atoms with Gasteiger partial charge in [-0.15, -0.1) is 24.8 Å². The molecule has 186 valence electrons. The molecule has 0 amide bonds. The summed E-state index contributed by atoms with van der Waals surface area (Å²) in [7, 11) is 1.74. The summed E-state index contributed by atoms with van der Waals surface area (Å²) < 4.78 is 6.61. The van der Waals surface area contributed by atoms with E-state index in [0.717, 1.165) is 37.1 Å². The summed E-state index contributed by atoms with van der Waals surface area (Å²) in [6, 6.07) is 7.02. The second-order valence-corrected chi connectivity index (χ2v) is 10.1. The van der Waals surface area contributed by atoms with Crippen molar-refractivity contribution in [3.8, 4) is 5.75 Å². The number of methoxy groups -OCH3 is 1. The van der Waals surface area contributed by atoms with E-state index < -0.39 is 0 Å². The third-order valence-electron chi connectivity index (χ3n) is 7.45. The summed E-state index contributed by atoms with van der Waals surface area (Å²) in [5, 5.41) is 9.26. The molecule has 1 N–H and O–H groups in total. The van der Waals surface area contributed by atoms with Crippen LogP contribution in [-0.2, 0) is 6.42 Å². The molecular formula is C25H43BrCl2N2O2. The van der Waals surface area contributed by atoms with Gasteiger partial charge in [0.05, 0.1) is 13.7 Å². The van der Waals surface area contributed by atoms with Gasteiger partial charge in [-0.25, -0.2) is 0 Å². The molecule has 2 aliphatic rings. The number of halogens is 3. The van der Waals surface area contributed by atoms with Crippen molar-refractivity contribution in [2.24, 2.45) is 11.8 Å². The zero-order chi connectivity index (χ0) is 21.3. The molecule has 0 spiro atoms. The van der Waals surface area contributed by atoms with E-state index in [9.17, 15) is 5.11 Å². The molecule has 1 aliphatic carbocycles. The molecule has 0 atom stereocenters. The summed E-state index contributed by atoms with van der Waals surface area (Å²) in [5.74, 6) is 2.64. The highest BCUT2D eigenvalue weighted by atomic mass is 79.9. The second-order valence-electron chi connectivity index (χ2n) is 9.26. The fourth-order valence-corrected chi connectivity index (χ4v) is 5.86. The molecule has 2 fully saturated rings. The van der Waals surface area contributed by atoms with Crippen LogP contribution in [0.3, 0.4) is 0 Å². The van der Waals surface area contributed by atoms with Crippen molar-refractivity contribution in [2.45, 2.75) is 64.3 Å². The van der Waals surface area contributed by atoms with Crippen LogP contribution in [0.1, 0.15) is 57.4 Å². The number of hydrogen-bond acceptors (Lipinski definition) is 4. The van der Waals surface area contributed by atoms with Gasteiger partial charge < -0.3 is 14.7 Å². The lowest BCUT2D eigenvalue weighted by atomic mass is 9.83. The molecule has 0 unspecified atom stereocenters. The lowest BCUT2D eigenvalue weighted by Gasteiger charge is -2.37. The summed E-state index contributed by atoms with van der Waals surface area (Å²) in [6.07, 6.45) is 10.5. The Morgan fingerprint density at radius 1 is 1.06 bits per heavy atom. The Morgan fingerprint density at radius 3 is 2.34 bits per heavy atom. The van der Waals surface area contributed by atoms with Crippen LogP contribution < -0.4 is 4.74 Å². The minimum absolute atomic E-state index is 0. The predicted octanol–water partition coefficient (Wildman–Crippen LogP) is 5.82. The van der Waals surface area contributed by atoms with Crippen molar-refractivity contribution in [2.75, 3.05) is 46.4 Å². The van der Waals surface area contributed by atoms with Crippen LogP contribution in [-0.4, -0.2) is 67.4 Å². The van der Waals surface area contributed by atoms with Crippen LogP contribution in [0, 0.1) is 11.8 Å². The first-order chi connectivity index (χ1) is 14.6. The molecular weight excluding hydrogens is 511 g/mol. The van der Waals surface area contributed by atoms with E-state index in [0.29, 0.717) is 12.6 Å². The number of aliphatic hydroxyl groups excluding tert-OH is 1. The van der Waals surface area contributed by atoms with Crippen molar-refractivity contribution < 1.29 is 9.84 Å². The third-order valence-corrected chi connectivity index (χ3v) is 8.22. The highest BCUT2D eigenvalue weighted by Crippen LogP contribution is 2.31. The number of benzene rings is 1. The predicted molar refractivity (Wildman–Crippen MR) is 143 cm³/mol. The van der Waals surface area contributed by atoms with Crippen molar-refractivity contribution in [3.63, 3.8) is 0 Å². The quantitative estimate of drug-likeness (QED) is 0.396. The number of likely N-dealkylation sites (N-methyl/N-ethyl adjacent to an activating group) is 1. The maximum absolute atomic E-state index is 9.26. The van der Waals surface area contributed by atoms with Crippen molar-refractivity contribution in [1.29, 1.82) is 0 Å². The number of hydrogen-bond donors (Lipinski definition) is 1. The maximum Gasteiger partial charge on any atom is 0.119 e. The molecule has 1 heterocycles. The topological polar surface area (TPSA) is 35.9 Å². The summed E-state index contributed by atoms with van der Waals surface area (Å²) in [4.78, 5) is 5.18. The van der Waals surface area contributed by atoms with Crippen LogP contribution in [0.2, 0.25) is 0 Å². The first kappa shape index (κ1) is 30.0. The lowest BCUT2D eigenvalue weighted by Crippen LogP contribution is -2.40. The molecule has 0 bridgehead atoms. The van der Waals surface area contributed by atoms with Crippen LogP contribution in [0.15, 0.2) is 22.7 Å². The van der Waals surface area contributed by atoms with Crippen molar-refractivity contribution in [3.05, 3.63) is 28.2 Å². The molecule has 0 radical (unpaired) electrons. The fourth-order valence-electron chi connectivity index (χ4n) is 5.45. The van der Waals surface area contributed by atoms with Gasteiger partial charge in [0.25, 0.3) is 0 Å². The van der Waals surface area contributed by atoms with Gasteiger partial charge >= 0.3 is 0 Å². The standard InChI is InChI=1S/C25H41BrN2O2.2ClH/c1-3-28(16-17-29)23-6-4-20(5-7-23)10-13-27-14-11-21(12-15-27)18-22-19-24(30-2)8-9-25(22)26;;/h8-9,19-21,23,29H,3-7,10-18H2,1-2H3;2*1H. The summed E-state index contributed by atoms with van der Waals surface area (Å²) >= 11 is 3.71. The smallest absolute Gasteiger partial charge is 0.119 e. The summed E-state index contributed by atoms with van der Waals surface area (Å²) in [5.41, 5.74) is 1.38. The van der Waals surface area contributed by atoms with Gasteiger partial charge in [0.2, 0.25) is 0 Å². The zero-order valence-corrected chi connectivity index (χ0v) is 23.0. The van der Waals surface area contributed by atoms with E-state index in [4.69, 9.17) is 4.74 Å². The van der Waals surface area contributed by atoms with Gasteiger partial charge in [0, 0.05) is 17.1 Å². The fraction of sp³-hybridized carbons (Fsp3) is 0.760. The van der Waals surface area contributed by atoms with Gasteiger partial charge in [-0.2, -0.15) is 0 Å². The number of piperidine rings is 1. The molecule has 1 aliphatic heterocycles. The Balaban J connectivity index is 0.00000256. The minimum Gasteiger partial charge on any atom is -0.497 e. The number of ether oxygens (including phenoxy) is 1. The zero-order valence-electron chi connectivity index (χ0n) is 19.8. The Bertz CT molecular complexity index is 636. The first-order valence-corrected chi connectivity index (χ1v) is 12.8. The number of rotatable bonds is 10.